The number of likely N-dealkylation sites (tertiary alicyclic amines) is 1. The van der Waals surface area contributed by atoms with Gasteiger partial charge in [-0.3, -0.25) is 14.4 Å². The minimum absolute atomic E-state index is 0.0104. The lowest BCUT2D eigenvalue weighted by molar-refractivity contribution is -0.149. The van der Waals surface area contributed by atoms with E-state index in [9.17, 15) is 14.4 Å². The van der Waals surface area contributed by atoms with Gasteiger partial charge in [0, 0.05) is 30.1 Å². The Morgan fingerprint density at radius 1 is 1.03 bits per heavy atom. The predicted molar refractivity (Wildman–Crippen MR) is 123 cm³/mol. The van der Waals surface area contributed by atoms with E-state index in [0.717, 1.165) is 11.3 Å². The summed E-state index contributed by atoms with van der Waals surface area (Å²) in [4.78, 5) is 38.4. The van der Waals surface area contributed by atoms with Crippen molar-refractivity contribution in [3.05, 3.63) is 65.7 Å². The summed E-state index contributed by atoms with van der Waals surface area (Å²) >= 11 is 1.53. The van der Waals surface area contributed by atoms with Crippen LogP contribution in [0.2, 0.25) is 0 Å². The highest BCUT2D eigenvalue weighted by Crippen LogP contribution is 2.21. The van der Waals surface area contributed by atoms with E-state index in [0.29, 0.717) is 49.6 Å². The van der Waals surface area contributed by atoms with Crippen molar-refractivity contribution < 1.29 is 19.1 Å². The number of ether oxygens (including phenoxy) is 1. The number of thioether (sulfide) groups is 1. The number of piperidine rings is 1. The van der Waals surface area contributed by atoms with Gasteiger partial charge in [0.15, 0.2) is 0 Å². The molecule has 1 saturated heterocycles. The van der Waals surface area contributed by atoms with Crippen LogP contribution >= 0.6 is 11.8 Å². The normalized spacial score (nSPS) is 14.2. The molecule has 1 aliphatic heterocycles. The van der Waals surface area contributed by atoms with Crippen molar-refractivity contribution in [2.24, 2.45) is 5.92 Å². The molecule has 1 fully saturated rings. The van der Waals surface area contributed by atoms with Gasteiger partial charge in [0.25, 0.3) is 5.91 Å². The first-order valence-electron chi connectivity index (χ1n) is 10.5. The first-order valence-corrected chi connectivity index (χ1v) is 11.7. The minimum atomic E-state index is -0.158. The Labute approximate surface area is 187 Å². The second-order valence-corrected chi connectivity index (χ2v) is 8.41. The highest BCUT2D eigenvalue weighted by molar-refractivity contribution is 7.99. The number of rotatable bonds is 8. The summed E-state index contributed by atoms with van der Waals surface area (Å²) < 4.78 is 5.08. The number of nitrogens with one attached hydrogen (secondary N) is 1. The lowest BCUT2D eigenvalue weighted by Crippen LogP contribution is -2.40. The van der Waals surface area contributed by atoms with Crippen LogP contribution in [0, 0.1) is 5.92 Å². The number of esters is 1. The zero-order chi connectivity index (χ0) is 22.1. The van der Waals surface area contributed by atoms with Gasteiger partial charge in [-0.25, -0.2) is 0 Å². The van der Waals surface area contributed by atoms with E-state index in [2.05, 4.69) is 5.32 Å². The van der Waals surface area contributed by atoms with Crippen LogP contribution in [0.15, 0.2) is 54.6 Å². The van der Waals surface area contributed by atoms with Crippen molar-refractivity contribution >= 4 is 35.2 Å². The monoisotopic (exact) mass is 440 g/mol. The Balaban J connectivity index is 1.42. The van der Waals surface area contributed by atoms with Crippen LogP contribution in [-0.2, 0) is 20.1 Å². The van der Waals surface area contributed by atoms with Crippen LogP contribution in [0.25, 0.3) is 0 Å². The van der Waals surface area contributed by atoms with Gasteiger partial charge in [-0.15, -0.1) is 11.8 Å². The van der Waals surface area contributed by atoms with Crippen LogP contribution in [-0.4, -0.2) is 48.1 Å². The zero-order valence-corrected chi connectivity index (χ0v) is 18.5. The Hall–Kier alpha value is -2.80. The molecule has 0 bridgehead atoms. The number of amides is 2. The van der Waals surface area contributed by atoms with E-state index in [1.807, 2.05) is 54.6 Å². The van der Waals surface area contributed by atoms with Gasteiger partial charge in [-0.2, -0.15) is 0 Å². The average Bonchev–Trinajstić information content (AvgIpc) is 2.80. The second-order valence-electron chi connectivity index (χ2n) is 7.42. The van der Waals surface area contributed by atoms with Gasteiger partial charge < -0.3 is 15.0 Å². The smallest absolute Gasteiger partial charge is 0.309 e. The lowest BCUT2D eigenvalue weighted by Gasteiger charge is -2.31. The molecule has 164 valence electrons. The zero-order valence-electron chi connectivity index (χ0n) is 17.7. The molecular weight excluding hydrogens is 412 g/mol. The predicted octanol–water partition coefficient (Wildman–Crippen LogP) is 3.97. The first-order chi connectivity index (χ1) is 15.1. The maximum absolute atomic E-state index is 12.7. The number of carbonyl (C=O) groups is 3. The molecule has 0 aliphatic carbocycles. The summed E-state index contributed by atoms with van der Waals surface area (Å²) in [5.74, 6) is 0.751. The van der Waals surface area contributed by atoms with E-state index >= 15 is 0 Å². The van der Waals surface area contributed by atoms with Crippen molar-refractivity contribution in [3.63, 3.8) is 0 Å². The van der Waals surface area contributed by atoms with Crippen molar-refractivity contribution in [2.75, 3.05) is 30.8 Å². The summed E-state index contributed by atoms with van der Waals surface area (Å²) in [5, 5.41) is 2.87. The summed E-state index contributed by atoms with van der Waals surface area (Å²) in [6.07, 6.45) is 1.29. The maximum Gasteiger partial charge on any atom is 0.309 e. The number of anilines is 1. The van der Waals surface area contributed by atoms with Crippen LogP contribution < -0.4 is 5.32 Å². The fraction of sp³-hybridized carbons (Fsp3) is 0.375. The van der Waals surface area contributed by atoms with Gasteiger partial charge in [0.1, 0.15) is 0 Å². The highest BCUT2D eigenvalue weighted by Gasteiger charge is 2.28. The molecule has 0 saturated carbocycles. The molecule has 2 aromatic rings. The van der Waals surface area contributed by atoms with E-state index in [1.54, 1.807) is 11.8 Å². The van der Waals surface area contributed by atoms with Crippen molar-refractivity contribution in [1.82, 2.24) is 4.90 Å². The third-order valence-corrected chi connectivity index (χ3v) is 6.17. The van der Waals surface area contributed by atoms with E-state index in [4.69, 9.17) is 4.74 Å². The van der Waals surface area contributed by atoms with Crippen LogP contribution in [0.1, 0.15) is 35.7 Å². The SMILES string of the molecule is CCOC(=O)C1CCN(C(=O)c2ccc(CSCC(=O)Nc3ccccc3)cc2)CC1. The molecule has 31 heavy (non-hydrogen) atoms. The quantitative estimate of drug-likeness (QED) is 0.629. The Morgan fingerprint density at radius 3 is 2.35 bits per heavy atom. The fourth-order valence-corrected chi connectivity index (χ4v) is 4.27. The Morgan fingerprint density at radius 2 is 1.71 bits per heavy atom. The molecule has 2 aromatic carbocycles. The van der Waals surface area contributed by atoms with Crippen molar-refractivity contribution in [1.29, 1.82) is 0 Å². The molecular formula is C24H28N2O4S. The van der Waals surface area contributed by atoms with Crippen LogP contribution in [0.5, 0.6) is 0 Å². The van der Waals surface area contributed by atoms with Gasteiger partial charge in [-0.1, -0.05) is 30.3 Å². The van der Waals surface area contributed by atoms with E-state index < -0.39 is 0 Å². The summed E-state index contributed by atoms with van der Waals surface area (Å²) in [6.45, 7) is 3.32. The molecule has 2 amide bonds. The molecule has 1 heterocycles. The minimum Gasteiger partial charge on any atom is -0.466 e. The number of nitrogens with zero attached hydrogens (tertiary/aromatic N) is 1. The highest BCUT2D eigenvalue weighted by atomic mass is 32.2. The number of hydrogen-bond acceptors (Lipinski definition) is 5. The van der Waals surface area contributed by atoms with Crippen LogP contribution in [0.4, 0.5) is 5.69 Å². The second kappa shape index (κ2) is 11.6. The molecule has 7 heteroatoms. The molecule has 3 rings (SSSR count). The number of carbonyl (C=O) groups excluding carboxylic acids is 3. The van der Waals surface area contributed by atoms with Crippen LogP contribution in [0.3, 0.4) is 0 Å². The third-order valence-electron chi connectivity index (χ3n) is 5.16. The summed E-state index contributed by atoms with van der Waals surface area (Å²) in [7, 11) is 0. The third kappa shape index (κ3) is 6.85. The van der Waals surface area contributed by atoms with Gasteiger partial charge in [-0.05, 0) is 49.6 Å². The average molecular weight is 441 g/mol. The molecule has 0 atom stereocenters. The molecule has 1 N–H and O–H groups in total. The van der Waals surface area contributed by atoms with E-state index in [1.165, 1.54) is 11.8 Å². The number of para-hydroxylation sites is 1. The molecule has 0 unspecified atom stereocenters. The number of hydrogen-bond donors (Lipinski definition) is 1. The molecule has 1 aliphatic rings. The lowest BCUT2D eigenvalue weighted by atomic mass is 9.96. The summed E-state index contributed by atoms with van der Waals surface area (Å²) in [6, 6.07) is 16.9. The fourth-order valence-electron chi connectivity index (χ4n) is 3.48. The topological polar surface area (TPSA) is 75.7 Å². The maximum atomic E-state index is 12.7. The standard InChI is InChI=1S/C24H28N2O4S/c1-2-30-24(29)20-12-14-26(15-13-20)23(28)19-10-8-18(9-11-19)16-31-17-22(27)25-21-6-4-3-5-7-21/h3-11,20H,2,12-17H2,1H3,(H,25,27). The van der Waals surface area contributed by atoms with Gasteiger partial charge in [0.2, 0.25) is 5.91 Å². The van der Waals surface area contributed by atoms with Gasteiger partial charge in [0.05, 0.1) is 18.3 Å². The molecule has 0 aromatic heterocycles. The Kier molecular flexibility index (Phi) is 8.53. The van der Waals surface area contributed by atoms with Crippen molar-refractivity contribution in [2.45, 2.75) is 25.5 Å². The molecule has 6 nitrogen and oxygen atoms in total. The Bertz CT molecular complexity index is 878. The summed E-state index contributed by atoms with van der Waals surface area (Å²) in [5.41, 5.74) is 2.50. The van der Waals surface area contributed by atoms with Crippen molar-refractivity contribution in [3.8, 4) is 0 Å². The number of benzene rings is 2. The largest absolute Gasteiger partial charge is 0.466 e. The molecule has 0 radical (unpaired) electrons. The molecule has 0 spiro atoms. The van der Waals surface area contributed by atoms with E-state index in [-0.39, 0.29) is 23.7 Å². The van der Waals surface area contributed by atoms with Gasteiger partial charge >= 0.3 is 5.97 Å². The first kappa shape index (κ1) is 22.9.